The lowest BCUT2D eigenvalue weighted by atomic mass is 9.91. The number of carbonyl (C=O) groups excluding carboxylic acids is 2. The fourth-order valence-electron chi connectivity index (χ4n) is 2.37. The van der Waals surface area contributed by atoms with Crippen molar-refractivity contribution in [2.75, 3.05) is 6.54 Å². The van der Waals surface area contributed by atoms with Crippen LogP contribution in [0, 0.1) is 0 Å². The van der Waals surface area contributed by atoms with Gasteiger partial charge in [0.05, 0.1) is 6.54 Å². The van der Waals surface area contributed by atoms with Crippen LogP contribution in [-0.4, -0.2) is 41.3 Å². The Kier molecular flexibility index (Phi) is 4.65. The number of amides is 2. The molecule has 1 fully saturated rings. The van der Waals surface area contributed by atoms with E-state index in [-0.39, 0.29) is 12.3 Å². The normalized spacial score (nSPS) is 24.1. The number of halogens is 2. The van der Waals surface area contributed by atoms with Crippen LogP contribution in [0.5, 0.6) is 0 Å². The first-order chi connectivity index (χ1) is 8.36. The molecule has 4 nitrogen and oxygen atoms in total. The molecule has 0 spiro atoms. The third kappa shape index (κ3) is 2.79. The molecule has 0 aromatic heterocycles. The maximum Gasteiger partial charge on any atom is 0.255 e. The lowest BCUT2D eigenvalue weighted by Crippen LogP contribution is -2.57. The molecule has 0 aromatic carbocycles. The van der Waals surface area contributed by atoms with E-state index in [2.05, 4.69) is 5.32 Å². The van der Waals surface area contributed by atoms with E-state index in [0.717, 1.165) is 4.90 Å². The van der Waals surface area contributed by atoms with Crippen molar-refractivity contribution in [3.05, 3.63) is 0 Å². The first-order valence-electron chi connectivity index (χ1n) is 6.26. The van der Waals surface area contributed by atoms with Crippen molar-refractivity contribution < 1.29 is 18.4 Å². The molecule has 1 atom stereocenters. The molecule has 1 unspecified atom stereocenters. The predicted molar refractivity (Wildman–Crippen MR) is 63.3 cm³/mol. The Morgan fingerprint density at radius 2 is 1.94 bits per heavy atom. The van der Waals surface area contributed by atoms with E-state index < -0.39 is 30.5 Å². The number of hydrogen-bond acceptors (Lipinski definition) is 2. The summed E-state index contributed by atoms with van der Waals surface area (Å²) in [7, 11) is 0. The van der Waals surface area contributed by atoms with Crippen molar-refractivity contribution in [1.82, 2.24) is 10.2 Å². The third-order valence-corrected chi connectivity index (χ3v) is 3.60. The second kappa shape index (κ2) is 5.63. The van der Waals surface area contributed by atoms with Gasteiger partial charge in [0.15, 0.2) is 0 Å². The van der Waals surface area contributed by atoms with Gasteiger partial charge in [-0.05, 0) is 19.8 Å². The smallest absolute Gasteiger partial charge is 0.255 e. The van der Waals surface area contributed by atoms with Crippen LogP contribution in [0.15, 0.2) is 0 Å². The highest BCUT2D eigenvalue weighted by atomic mass is 19.3. The van der Waals surface area contributed by atoms with E-state index in [1.54, 1.807) is 20.8 Å². The highest BCUT2D eigenvalue weighted by molar-refractivity contribution is 5.94. The van der Waals surface area contributed by atoms with Gasteiger partial charge in [0.1, 0.15) is 5.54 Å². The molecule has 0 aromatic rings. The van der Waals surface area contributed by atoms with Gasteiger partial charge in [0.25, 0.3) is 6.43 Å². The zero-order valence-electron chi connectivity index (χ0n) is 11.0. The van der Waals surface area contributed by atoms with Crippen molar-refractivity contribution in [3.8, 4) is 0 Å². The van der Waals surface area contributed by atoms with Crippen LogP contribution in [-0.2, 0) is 9.59 Å². The SMILES string of the molecule is CCC1(CC)NC(=O)CC(C)N(CC(F)F)C1=O. The minimum Gasteiger partial charge on any atom is -0.342 e. The summed E-state index contributed by atoms with van der Waals surface area (Å²) in [5, 5.41) is 2.70. The van der Waals surface area contributed by atoms with Crippen LogP contribution < -0.4 is 5.32 Å². The van der Waals surface area contributed by atoms with Crippen LogP contribution in [0.25, 0.3) is 0 Å². The van der Waals surface area contributed by atoms with Gasteiger partial charge in [0.2, 0.25) is 11.8 Å². The zero-order valence-corrected chi connectivity index (χ0v) is 11.0. The molecule has 0 aliphatic carbocycles. The number of hydrogen-bond donors (Lipinski definition) is 1. The number of rotatable bonds is 4. The molecule has 0 saturated carbocycles. The van der Waals surface area contributed by atoms with Crippen molar-refractivity contribution in [1.29, 1.82) is 0 Å². The standard InChI is InChI=1S/C12H20F2N2O2/c1-4-12(5-2)11(18)16(7-9(13)14)8(3)6-10(17)15-12/h8-9H,4-7H2,1-3H3,(H,15,17). The molecule has 1 rings (SSSR count). The first-order valence-corrected chi connectivity index (χ1v) is 6.26. The van der Waals surface area contributed by atoms with Gasteiger partial charge in [-0.2, -0.15) is 0 Å². The Morgan fingerprint density at radius 1 is 1.39 bits per heavy atom. The van der Waals surface area contributed by atoms with Gasteiger partial charge >= 0.3 is 0 Å². The summed E-state index contributed by atoms with van der Waals surface area (Å²) in [5.74, 6) is -0.650. The Bertz CT molecular complexity index is 330. The van der Waals surface area contributed by atoms with Crippen LogP contribution in [0.4, 0.5) is 8.78 Å². The molecule has 18 heavy (non-hydrogen) atoms. The Labute approximate surface area is 106 Å². The third-order valence-electron chi connectivity index (χ3n) is 3.60. The maximum atomic E-state index is 12.6. The molecule has 1 N–H and O–H groups in total. The van der Waals surface area contributed by atoms with E-state index in [4.69, 9.17) is 0 Å². The summed E-state index contributed by atoms with van der Waals surface area (Å²) < 4.78 is 25.1. The highest BCUT2D eigenvalue weighted by Gasteiger charge is 2.44. The number of carbonyl (C=O) groups is 2. The summed E-state index contributed by atoms with van der Waals surface area (Å²) in [4.78, 5) is 25.3. The molecule has 0 bridgehead atoms. The van der Waals surface area contributed by atoms with Crippen LogP contribution in [0.1, 0.15) is 40.0 Å². The van der Waals surface area contributed by atoms with E-state index in [0.29, 0.717) is 12.8 Å². The van der Waals surface area contributed by atoms with Crippen LogP contribution in [0.2, 0.25) is 0 Å². The van der Waals surface area contributed by atoms with Gasteiger partial charge in [-0.25, -0.2) is 8.78 Å². The second-order valence-electron chi connectivity index (χ2n) is 4.74. The van der Waals surface area contributed by atoms with Gasteiger partial charge in [-0.1, -0.05) is 13.8 Å². The molecule has 1 aliphatic rings. The Hall–Kier alpha value is -1.20. The van der Waals surface area contributed by atoms with Crippen molar-refractivity contribution in [2.24, 2.45) is 0 Å². The van der Waals surface area contributed by atoms with E-state index >= 15 is 0 Å². The quantitative estimate of drug-likeness (QED) is 0.835. The molecule has 1 aliphatic heterocycles. The summed E-state index contributed by atoms with van der Waals surface area (Å²) in [6.45, 7) is 4.56. The average Bonchev–Trinajstić information content (AvgIpc) is 2.39. The van der Waals surface area contributed by atoms with Gasteiger partial charge in [-0.15, -0.1) is 0 Å². The number of nitrogens with one attached hydrogen (secondary N) is 1. The van der Waals surface area contributed by atoms with Crippen molar-refractivity contribution in [2.45, 2.75) is 58.0 Å². The molecule has 2 amide bonds. The minimum absolute atomic E-state index is 0.0697. The summed E-state index contributed by atoms with van der Waals surface area (Å²) in [6, 6.07) is -0.494. The van der Waals surface area contributed by atoms with E-state index in [1.807, 2.05) is 0 Å². The first kappa shape index (κ1) is 14.9. The van der Waals surface area contributed by atoms with Crippen LogP contribution in [0.3, 0.4) is 0 Å². The molecular weight excluding hydrogens is 242 g/mol. The topological polar surface area (TPSA) is 49.4 Å². The summed E-state index contributed by atoms with van der Waals surface area (Å²) >= 11 is 0. The van der Waals surface area contributed by atoms with E-state index in [1.165, 1.54) is 0 Å². The summed E-state index contributed by atoms with van der Waals surface area (Å²) in [5.41, 5.74) is -1.03. The zero-order chi connectivity index (χ0) is 13.9. The lowest BCUT2D eigenvalue weighted by molar-refractivity contribution is -0.142. The largest absolute Gasteiger partial charge is 0.342 e. The Balaban J connectivity index is 3.08. The maximum absolute atomic E-state index is 12.6. The fraction of sp³-hybridized carbons (Fsp3) is 0.833. The predicted octanol–water partition coefficient (Wildman–Crippen LogP) is 1.55. The minimum atomic E-state index is -2.59. The van der Waals surface area contributed by atoms with Gasteiger partial charge in [-0.3, -0.25) is 9.59 Å². The monoisotopic (exact) mass is 262 g/mol. The molecular formula is C12H20F2N2O2. The number of alkyl halides is 2. The molecule has 104 valence electrons. The Morgan fingerprint density at radius 3 is 2.39 bits per heavy atom. The van der Waals surface area contributed by atoms with E-state index in [9.17, 15) is 18.4 Å². The fourth-order valence-corrected chi connectivity index (χ4v) is 2.37. The van der Waals surface area contributed by atoms with Gasteiger partial charge in [0, 0.05) is 12.5 Å². The van der Waals surface area contributed by atoms with Crippen LogP contribution >= 0.6 is 0 Å². The van der Waals surface area contributed by atoms with Crippen molar-refractivity contribution in [3.63, 3.8) is 0 Å². The summed E-state index contributed by atoms with van der Waals surface area (Å²) in [6.07, 6.45) is -1.71. The second-order valence-corrected chi connectivity index (χ2v) is 4.74. The molecule has 0 radical (unpaired) electrons. The van der Waals surface area contributed by atoms with Crippen molar-refractivity contribution >= 4 is 11.8 Å². The molecule has 6 heteroatoms. The highest BCUT2D eigenvalue weighted by Crippen LogP contribution is 2.25. The van der Waals surface area contributed by atoms with Gasteiger partial charge < -0.3 is 10.2 Å². The number of nitrogens with zero attached hydrogens (tertiary/aromatic N) is 1. The average molecular weight is 262 g/mol. The lowest BCUT2D eigenvalue weighted by Gasteiger charge is -2.35. The molecule has 1 heterocycles. The molecule has 1 saturated heterocycles.